The quantitative estimate of drug-likeness (QED) is 0.360. The normalized spacial score (nSPS) is 14.8. The van der Waals surface area contributed by atoms with E-state index in [0.29, 0.717) is 12.6 Å². The van der Waals surface area contributed by atoms with E-state index in [0.717, 1.165) is 18.6 Å². The lowest BCUT2D eigenvalue weighted by Crippen LogP contribution is -2.26. The zero-order valence-corrected chi connectivity index (χ0v) is 9.50. The van der Waals surface area contributed by atoms with Crippen LogP contribution in [0.15, 0.2) is 5.16 Å². The molecule has 0 rings (SSSR count). The van der Waals surface area contributed by atoms with Crippen molar-refractivity contribution in [2.24, 2.45) is 5.16 Å². The Hall–Kier alpha value is -0.570. The van der Waals surface area contributed by atoms with Gasteiger partial charge in [0.2, 0.25) is 0 Å². The third kappa shape index (κ3) is 6.58. The summed E-state index contributed by atoms with van der Waals surface area (Å²) in [5, 5.41) is 4.03. The molecule has 0 aromatic heterocycles. The minimum Gasteiger partial charge on any atom is -0.396 e. The van der Waals surface area contributed by atoms with Gasteiger partial charge in [-0.15, -0.1) is 0 Å². The lowest BCUT2D eigenvalue weighted by Gasteiger charge is -2.18. The minimum absolute atomic E-state index is 0.522. The fraction of sp³-hybridized carbons (Fsp3) is 0.900. The van der Waals surface area contributed by atoms with E-state index in [4.69, 9.17) is 4.84 Å². The van der Waals surface area contributed by atoms with Crippen molar-refractivity contribution in [1.29, 1.82) is 0 Å². The lowest BCUT2D eigenvalue weighted by atomic mass is 10.1. The van der Waals surface area contributed by atoms with Gasteiger partial charge in [-0.05, 0) is 34.4 Å². The second-order valence-electron chi connectivity index (χ2n) is 3.68. The van der Waals surface area contributed by atoms with Crippen molar-refractivity contribution >= 4 is 5.71 Å². The monoisotopic (exact) mass is 186 g/mol. The van der Waals surface area contributed by atoms with Crippen LogP contribution in [0.1, 0.15) is 33.6 Å². The molecule has 0 aliphatic heterocycles. The van der Waals surface area contributed by atoms with Crippen molar-refractivity contribution < 1.29 is 4.84 Å². The van der Waals surface area contributed by atoms with E-state index in [1.807, 2.05) is 6.92 Å². The van der Waals surface area contributed by atoms with Crippen molar-refractivity contribution in [2.45, 2.75) is 39.7 Å². The van der Waals surface area contributed by atoms with Gasteiger partial charge in [0.05, 0.1) is 5.71 Å². The molecule has 0 saturated heterocycles. The standard InChI is InChI=1S/C10H22N2O/c1-6-7-13-11-9(2)8-10(3)12(4)5/h10H,6-8H2,1-5H3/b11-9-. The summed E-state index contributed by atoms with van der Waals surface area (Å²) >= 11 is 0. The van der Waals surface area contributed by atoms with Crippen LogP contribution in [0.2, 0.25) is 0 Å². The zero-order chi connectivity index (χ0) is 10.3. The third-order valence-electron chi connectivity index (χ3n) is 1.99. The molecule has 0 spiro atoms. The molecule has 0 aliphatic rings. The Morgan fingerprint density at radius 3 is 2.54 bits per heavy atom. The van der Waals surface area contributed by atoms with Crippen molar-refractivity contribution in [1.82, 2.24) is 4.90 Å². The van der Waals surface area contributed by atoms with Gasteiger partial charge in [0.15, 0.2) is 0 Å². The molecule has 0 N–H and O–H groups in total. The molecule has 3 heteroatoms. The fourth-order valence-electron chi connectivity index (χ4n) is 0.894. The highest BCUT2D eigenvalue weighted by Gasteiger charge is 2.05. The Balaban J connectivity index is 3.71. The molecular formula is C10H22N2O. The van der Waals surface area contributed by atoms with Gasteiger partial charge >= 0.3 is 0 Å². The average molecular weight is 186 g/mol. The number of oxime groups is 1. The molecule has 3 nitrogen and oxygen atoms in total. The summed E-state index contributed by atoms with van der Waals surface area (Å²) in [5.74, 6) is 0. The zero-order valence-electron chi connectivity index (χ0n) is 9.50. The van der Waals surface area contributed by atoms with Gasteiger partial charge in [-0.2, -0.15) is 0 Å². The van der Waals surface area contributed by atoms with Crippen molar-refractivity contribution in [3.63, 3.8) is 0 Å². The number of nitrogens with zero attached hydrogens (tertiary/aromatic N) is 2. The molecule has 0 saturated carbocycles. The molecule has 0 aromatic carbocycles. The highest BCUT2D eigenvalue weighted by atomic mass is 16.6. The predicted molar refractivity (Wildman–Crippen MR) is 57.1 cm³/mol. The van der Waals surface area contributed by atoms with Crippen LogP contribution >= 0.6 is 0 Å². The molecule has 78 valence electrons. The van der Waals surface area contributed by atoms with Gasteiger partial charge < -0.3 is 9.74 Å². The van der Waals surface area contributed by atoms with E-state index in [-0.39, 0.29) is 0 Å². The third-order valence-corrected chi connectivity index (χ3v) is 1.99. The van der Waals surface area contributed by atoms with Crippen LogP contribution in [0.5, 0.6) is 0 Å². The number of hydrogen-bond acceptors (Lipinski definition) is 3. The summed E-state index contributed by atoms with van der Waals surface area (Å²) in [6.07, 6.45) is 1.98. The summed E-state index contributed by atoms with van der Waals surface area (Å²) in [5.41, 5.74) is 1.06. The van der Waals surface area contributed by atoms with Crippen LogP contribution in [0.4, 0.5) is 0 Å². The van der Waals surface area contributed by atoms with E-state index in [1.54, 1.807) is 0 Å². The second-order valence-corrected chi connectivity index (χ2v) is 3.68. The first-order valence-electron chi connectivity index (χ1n) is 4.89. The van der Waals surface area contributed by atoms with Gasteiger partial charge in [-0.1, -0.05) is 12.1 Å². The highest BCUT2D eigenvalue weighted by Crippen LogP contribution is 2.00. The van der Waals surface area contributed by atoms with E-state index >= 15 is 0 Å². The maximum absolute atomic E-state index is 5.09. The lowest BCUT2D eigenvalue weighted by molar-refractivity contribution is 0.143. The number of rotatable bonds is 6. The van der Waals surface area contributed by atoms with E-state index in [1.165, 1.54) is 0 Å². The first-order chi connectivity index (χ1) is 6.07. The first-order valence-corrected chi connectivity index (χ1v) is 4.89. The maximum atomic E-state index is 5.09. The second kappa shape index (κ2) is 6.89. The molecule has 0 aromatic rings. The summed E-state index contributed by atoms with van der Waals surface area (Å²) in [4.78, 5) is 7.27. The van der Waals surface area contributed by atoms with Crippen LogP contribution in [0.25, 0.3) is 0 Å². The van der Waals surface area contributed by atoms with Crippen LogP contribution < -0.4 is 0 Å². The van der Waals surface area contributed by atoms with Gasteiger partial charge in [0.1, 0.15) is 6.61 Å². The van der Waals surface area contributed by atoms with Crippen LogP contribution in [-0.4, -0.2) is 37.4 Å². The Kier molecular flexibility index (Phi) is 6.59. The topological polar surface area (TPSA) is 24.8 Å². The molecule has 0 radical (unpaired) electrons. The molecule has 0 bridgehead atoms. The fourth-order valence-corrected chi connectivity index (χ4v) is 0.894. The summed E-state index contributed by atoms with van der Waals surface area (Å²) in [7, 11) is 4.15. The van der Waals surface area contributed by atoms with Crippen molar-refractivity contribution in [3.05, 3.63) is 0 Å². The summed E-state index contributed by atoms with van der Waals surface area (Å²) < 4.78 is 0. The average Bonchev–Trinajstić information content (AvgIpc) is 2.04. The van der Waals surface area contributed by atoms with Gasteiger partial charge in [0.25, 0.3) is 0 Å². The van der Waals surface area contributed by atoms with Gasteiger partial charge in [-0.3, -0.25) is 0 Å². The minimum atomic E-state index is 0.522. The van der Waals surface area contributed by atoms with Crippen LogP contribution in [0, 0.1) is 0 Å². The highest BCUT2D eigenvalue weighted by molar-refractivity contribution is 5.81. The summed E-state index contributed by atoms with van der Waals surface area (Å²) in [6, 6.07) is 0.522. The molecule has 0 heterocycles. The molecule has 0 fully saturated rings. The molecule has 1 unspecified atom stereocenters. The SMILES string of the molecule is CCCO/N=C(/C)CC(C)N(C)C. The Morgan fingerprint density at radius 1 is 1.46 bits per heavy atom. The van der Waals surface area contributed by atoms with Crippen LogP contribution in [0.3, 0.4) is 0 Å². The first kappa shape index (κ1) is 12.4. The van der Waals surface area contributed by atoms with E-state index < -0.39 is 0 Å². The largest absolute Gasteiger partial charge is 0.396 e. The van der Waals surface area contributed by atoms with Crippen molar-refractivity contribution in [3.8, 4) is 0 Å². The Bertz CT molecular complexity index is 155. The number of hydrogen-bond donors (Lipinski definition) is 0. The van der Waals surface area contributed by atoms with E-state index in [9.17, 15) is 0 Å². The predicted octanol–water partition coefficient (Wildman–Crippen LogP) is 2.13. The smallest absolute Gasteiger partial charge is 0.116 e. The molecule has 0 aliphatic carbocycles. The maximum Gasteiger partial charge on any atom is 0.116 e. The van der Waals surface area contributed by atoms with Gasteiger partial charge in [-0.25, -0.2) is 0 Å². The molecule has 1 atom stereocenters. The Morgan fingerprint density at radius 2 is 2.08 bits per heavy atom. The summed E-state index contributed by atoms with van der Waals surface area (Å²) in [6.45, 7) is 6.98. The van der Waals surface area contributed by atoms with E-state index in [2.05, 4.69) is 38.0 Å². The van der Waals surface area contributed by atoms with Crippen molar-refractivity contribution in [2.75, 3.05) is 20.7 Å². The van der Waals surface area contributed by atoms with Gasteiger partial charge in [0, 0.05) is 12.5 Å². The Labute approximate surface area is 81.7 Å². The molecule has 13 heavy (non-hydrogen) atoms. The van der Waals surface area contributed by atoms with Crippen LogP contribution in [-0.2, 0) is 4.84 Å². The molecular weight excluding hydrogens is 164 g/mol. The molecule has 0 amide bonds.